The standard InChI is InChI=1S/C22H21ClFN5O3S/c1-11-26-27-21-22(2,3)25-18-16(23)10-15(20(32-4)19(18)29(11)21)14-8-12(24)9-17-13(14)6-7-28(17)33(5,30)31/h6-10,25H,1-5H3. The molecule has 0 unspecified atom stereocenters. The molecule has 0 fully saturated rings. The molecule has 1 aliphatic rings. The van der Waals surface area contributed by atoms with Crippen LogP contribution in [0.1, 0.15) is 25.5 Å². The molecule has 11 heteroatoms. The molecule has 0 saturated carbocycles. The maximum absolute atomic E-state index is 14.7. The molecule has 0 aliphatic carbocycles. The number of ether oxygens (including phenoxy) is 1. The summed E-state index contributed by atoms with van der Waals surface area (Å²) < 4.78 is 47.9. The van der Waals surface area contributed by atoms with Crippen molar-refractivity contribution in [3.8, 4) is 22.6 Å². The van der Waals surface area contributed by atoms with Gasteiger partial charge in [0.1, 0.15) is 17.3 Å². The summed E-state index contributed by atoms with van der Waals surface area (Å²) in [7, 11) is -2.11. The molecule has 4 aromatic rings. The van der Waals surface area contributed by atoms with E-state index in [9.17, 15) is 12.8 Å². The lowest BCUT2D eigenvalue weighted by atomic mass is 9.95. The van der Waals surface area contributed by atoms with Crippen molar-refractivity contribution in [2.24, 2.45) is 0 Å². The first-order valence-corrected chi connectivity index (χ1v) is 12.3. The van der Waals surface area contributed by atoms with Gasteiger partial charge in [-0.1, -0.05) is 11.6 Å². The van der Waals surface area contributed by atoms with E-state index in [2.05, 4.69) is 15.5 Å². The molecular weight excluding hydrogens is 469 g/mol. The van der Waals surface area contributed by atoms with Gasteiger partial charge in [-0.2, -0.15) is 0 Å². The van der Waals surface area contributed by atoms with E-state index in [1.807, 2.05) is 25.3 Å². The predicted octanol–water partition coefficient (Wildman–Crippen LogP) is 4.47. The smallest absolute Gasteiger partial charge is 0.236 e. The zero-order valence-corrected chi connectivity index (χ0v) is 20.1. The maximum Gasteiger partial charge on any atom is 0.236 e. The van der Waals surface area contributed by atoms with Crippen LogP contribution in [-0.2, 0) is 15.6 Å². The summed E-state index contributed by atoms with van der Waals surface area (Å²) in [4.78, 5) is 0. The average molecular weight is 490 g/mol. The second kappa shape index (κ2) is 6.94. The predicted molar refractivity (Wildman–Crippen MR) is 125 cm³/mol. The molecule has 0 spiro atoms. The first kappa shape index (κ1) is 21.7. The molecule has 2 aromatic carbocycles. The summed E-state index contributed by atoms with van der Waals surface area (Å²) >= 11 is 6.74. The Morgan fingerprint density at radius 3 is 2.58 bits per heavy atom. The highest BCUT2D eigenvalue weighted by atomic mass is 35.5. The number of nitrogens with one attached hydrogen (secondary N) is 1. The van der Waals surface area contributed by atoms with Crippen molar-refractivity contribution in [2.75, 3.05) is 18.7 Å². The fourth-order valence-corrected chi connectivity index (χ4v) is 5.49. The highest BCUT2D eigenvalue weighted by Gasteiger charge is 2.38. The van der Waals surface area contributed by atoms with Crippen molar-refractivity contribution < 1.29 is 17.5 Å². The Labute approximate surface area is 195 Å². The van der Waals surface area contributed by atoms with Crippen molar-refractivity contribution in [3.05, 3.63) is 53.0 Å². The molecule has 0 amide bonds. The van der Waals surface area contributed by atoms with Crippen LogP contribution in [-0.4, -0.2) is 40.5 Å². The molecule has 8 nitrogen and oxygen atoms in total. The van der Waals surface area contributed by atoms with Gasteiger partial charge >= 0.3 is 0 Å². The van der Waals surface area contributed by atoms with Crippen molar-refractivity contribution in [1.82, 2.24) is 18.7 Å². The molecule has 3 heterocycles. The topological polar surface area (TPSA) is 91.0 Å². The third-order valence-corrected chi connectivity index (χ3v) is 7.17. The Bertz CT molecular complexity index is 1570. The molecule has 2 aromatic heterocycles. The molecule has 1 aliphatic heterocycles. The molecule has 0 bridgehead atoms. The summed E-state index contributed by atoms with van der Waals surface area (Å²) in [6.07, 6.45) is 2.47. The zero-order valence-electron chi connectivity index (χ0n) is 18.6. The van der Waals surface area contributed by atoms with Crippen LogP contribution in [0.2, 0.25) is 5.02 Å². The molecule has 5 rings (SSSR count). The first-order chi connectivity index (χ1) is 15.4. The third kappa shape index (κ3) is 3.12. The number of rotatable bonds is 3. The molecule has 33 heavy (non-hydrogen) atoms. The molecular formula is C22H21ClFN5O3S. The first-order valence-electron chi connectivity index (χ1n) is 10.1. The summed E-state index contributed by atoms with van der Waals surface area (Å²) in [5.41, 5.74) is 1.88. The minimum Gasteiger partial charge on any atom is -0.494 e. The molecule has 0 saturated heterocycles. The number of halogens is 2. The van der Waals surface area contributed by atoms with Crippen molar-refractivity contribution in [3.63, 3.8) is 0 Å². The quantitative estimate of drug-likeness (QED) is 0.456. The van der Waals surface area contributed by atoms with Crippen LogP contribution in [0.15, 0.2) is 30.5 Å². The second-order valence-corrected chi connectivity index (χ2v) is 10.8. The van der Waals surface area contributed by atoms with Crippen LogP contribution in [0.4, 0.5) is 10.1 Å². The summed E-state index contributed by atoms with van der Waals surface area (Å²) in [6.45, 7) is 5.77. The third-order valence-electron chi connectivity index (χ3n) is 5.84. The lowest BCUT2D eigenvalue weighted by Crippen LogP contribution is -2.36. The summed E-state index contributed by atoms with van der Waals surface area (Å²) in [6, 6.07) is 5.86. The number of methoxy groups -OCH3 is 1. The van der Waals surface area contributed by atoms with E-state index in [1.165, 1.54) is 25.4 Å². The number of hydrogen-bond donors (Lipinski definition) is 1. The van der Waals surface area contributed by atoms with E-state index in [0.29, 0.717) is 50.3 Å². The number of aromatic nitrogens is 4. The van der Waals surface area contributed by atoms with E-state index < -0.39 is 21.4 Å². The van der Waals surface area contributed by atoms with Gasteiger partial charge in [-0.25, -0.2) is 16.8 Å². The largest absolute Gasteiger partial charge is 0.494 e. The molecule has 0 atom stereocenters. The van der Waals surface area contributed by atoms with E-state index in [1.54, 1.807) is 12.1 Å². The monoisotopic (exact) mass is 489 g/mol. The zero-order chi connectivity index (χ0) is 23.9. The molecule has 0 radical (unpaired) electrons. The number of hydrogen-bond acceptors (Lipinski definition) is 6. The van der Waals surface area contributed by atoms with Gasteiger partial charge in [-0.3, -0.25) is 4.57 Å². The van der Waals surface area contributed by atoms with E-state index >= 15 is 0 Å². The Hall–Kier alpha value is -3.11. The number of aryl methyl sites for hydroxylation is 1. The van der Waals surface area contributed by atoms with Gasteiger partial charge in [0.25, 0.3) is 0 Å². The molecule has 1 N–H and O–H groups in total. The van der Waals surface area contributed by atoms with Gasteiger partial charge in [-0.05, 0) is 50.6 Å². The minimum absolute atomic E-state index is 0.226. The Morgan fingerprint density at radius 1 is 1.18 bits per heavy atom. The van der Waals surface area contributed by atoms with Gasteiger partial charge in [-0.15, -0.1) is 10.2 Å². The van der Waals surface area contributed by atoms with Gasteiger partial charge in [0.15, 0.2) is 11.6 Å². The normalized spacial score (nSPS) is 14.6. The van der Waals surface area contributed by atoms with Crippen LogP contribution in [0.5, 0.6) is 5.75 Å². The van der Waals surface area contributed by atoms with Crippen LogP contribution in [0.3, 0.4) is 0 Å². The maximum atomic E-state index is 14.7. The number of anilines is 1. The highest BCUT2D eigenvalue weighted by molar-refractivity contribution is 7.89. The van der Waals surface area contributed by atoms with Crippen molar-refractivity contribution >= 4 is 38.2 Å². The van der Waals surface area contributed by atoms with Gasteiger partial charge in [0.2, 0.25) is 10.0 Å². The minimum atomic E-state index is -3.63. The molecule has 172 valence electrons. The van der Waals surface area contributed by atoms with Gasteiger partial charge in [0.05, 0.1) is 35.1 Å². The van der Waals surface area contributed by atoms with Crippen molar-refractivity contribution in [1.29, 1.82) is 0 Å². The van der Waals surface area contributed by atoms with E-state index in [0.717, 1.165) is 10.2 Å². The summed E-state index contributed by atoms with van der Waals surface area (Å²) in [5, 5.41) is 12.9. The highest BCUT2D eigenvalue weighted by Crippen LogP contribution is 2.50. The fourth-order valence-electron chi connectivity index (χ4n) is 4.46. The van der Waals surface area contributed by atoms with Crippen LogP contribution < -0.4 is 10.1 Å². The van der Waals surface area contributed by atoms with E-state index in [-0.39, 0.29) is 5.52 Å². The lowest BCUT2D eigenvalue weighted by Gasteiger charge is -2.35. The lowest BCUT2D eigenvalue weighted by molar-refractivity contribution is 0.411. The average Bonchev–Trinajstić information content (AvgIpc) is 3.32. The SMILES string of the molecule is COc1c(-c2cc(F)cc3c2ccn3S(C)(=O)=O)cc(Cl)c2c1-n1c(C)nnc1C(C)(C)N2. The Kier molecular flexibility index (Phi) is 4.57. The second-order valence-electron chi connectivity index (χ2n) is 8.58. The van der Waals surface area contributed by atoms with Crippen molar-refractivity contribution in [2.45, 2.75) is 26.3 Å². The van der Waals surface area contributed by atoms with Crippen LogP contribution in [0, 0.1) is 12.7 Å². The van der Waals surface area contributed by atoms with Gasteiger partial charge in [0, 0.05) is 17.1 Å². The number of benzene rings is 2. The Balaban J connectivity index is 1.89. The number of nitrogens with zero attached hydrogens (tertiary/aromatic N) is 4. The van der Waals surface area contributed by atoms with Crippen LogP contribution >= 0.6 is 11.6 Å². The number of fused-ring (bicyclic) bond motifs is 4. The summed E-state index contributed by atoms with van der Waals surface area (Å²) in [5.74, 6) is 1.16. The van der Waals surface area contributed by atoms with Crippen LogP contribution in [0.25, 0.3) is 27.7 Å². The van der Waals surface area contributed by atoms with Gasteiger partial charge < -0.3 is 10.1 Å². The Morgan fingerprint density at radius 2 is 1.91 bits per heavy atom. The fraction of sp³-hybridized carbons (Fsp3) is 0.273. The van der Waals surface area contributed by atoms with E-state index in [4.69, 9.17) is 16.3 Å².